The normalized spacial score (nSPS) is 17.6. The summed E-state index contributed by atoms with van der Waals surface area (Å²) >= 11 is 0. The molecule has 1 aromatic heterocycles. The second-order valence-electron chi connectivity index (χ2n) is 6.82. The van der Waals surface area contributed by atoms with Gasteiger partial charge in [-0.2, -0.15) is 0 Å². The van der Waals surface area contributed by atoms with Gasteiger partial charge in [0.2, 0.25) is 0 Å². The molecule has 2 N–H and O–H groups in total. The molecule has 2 aromatic rings. The smallest absolute Gasteiger partial charge is 0.272 e. The second-order valence-corrected chi connectivity index (χ2v) is 6.82. The average molecular weight is 383 g/mol. The Labute approximate surface area is 164 Å². The fourth-order valence-electron chi connectivity index (χ4n) is 3.41. The summed E-state index contributed by atoms with van der Waals surface area (Å²) in [5, 5.41) is 0. The minimum absolute atomic E-state index is 0.105. The lowest BCUT2D eigenvalue weighted by atomic mass is 10.1. The van der Waals surface area contributed by atoms with Crippen molar-refractivity contribution in [3.8, 4) is 11.4 Å². The molecule has 148 valence electrons. The number of carbonyl (C=O) groups excluding carboxylic acids is 1. The van der Waals surface area contributed by atoms with Crippen molar-refractivity contribution in [1.82, 2.24) is 14.9 Å². The molecule has 8 heteroatoms. The first-order chi connectivity index (χ1) is 13.7. The van der Waals surface area contributed by atoms with Crippen LogP contribution >= 0.6 is 0 Å². The summed E-state index contributed by atoms with van der Waals surface area (Å²) < 4.78 is 10.7. The van der Waals surface area contributed by atoms with Gasteiger partial charge in [0.05, 0.1) is 32.1 Å². The number of morpholine rings is 2. The van der Waals surface area contributed by atoms with Gasteiger partial charge < -0.3 is 25.0 Å². The van der Waals surface area contributed by atoms with Crippen LogP contribution in [0.25, 0.3) is 11.4 Å². The molecule has 2 saturated heterocycles. The van der Waals surface area contributed by atoms with Crippen LogP contribution in [0.2, 0.25) is 0 Å². The number of rotatable bonds is 4. The van der Waals surface area contributed by atoms with Crippen LogP contribution in [0.3, 0.4) is 0 Å². The molecule has 1 aromatic carbocycles. The van der Waals surface area contributed by atoms with Gasteiger partial charge in [-0.1, -0.05) is 0 Å². The van der Waals surface area contributed by atoms with Gasteiger partial charge in [-0.05, 0) is 30.3 Å². The lowest BCUT2D eigenvalue weighted by molar-refractivity contribution is 0.0299. The summed E-state index contributed by atoms with van der Waals surface area (Å²) in [6.07, 6.45) is 0. The molecule has 0 radical (unpaired) electrons. The van der Waals surface area contributed by atoms with Gasteiger partial charge in [-0.15, -0.1) is 0 Å². The number of anilines is 1. The maximum Gasteiger partial charge on any atom is 0.272 e. The molecular weight excluding hydrogens is 358 g/mol. The fourth-order valence-corrected chi connectivity index (χ4v) is 3.41. The van der Waals surface area contributed by atoms with E-state index in [0.717, 1.165) is 37.6 Å². The first-order valence-electron chi connectivity index (χ1n) is 9.63. The van der Waals surface area contributed by atoms with Crippen molar-refractivity contribution in [3.05, 3.63) is 41.7 Å². The number of amides is 1. The predicted molar refractivity (Wildman–Crippen MR) is 105 cm³/mol. The minimum Gasteiger partial charge on any atom is -0.378 e. The third-order valence-corrected chi connectivity index (χ3v) is 5.01. The van der Waals surface area contributed by atoms with Crippen molar-refractivity contribution >= 4 is 11.6 Å². The summed E-state index contributed by atoms with van der Waals surface area (Å²) in [7, 11) is 0. The van der Waals surface area contributed by atoms with Crippen LogP contribution in [0.4, 0.5) is 5.69 Å². The quantitative estimate of drug-likeness (QED) is 0.839. The van der Waals surface area contributed by atoms with Gasteiger partial charge >= 0.3 is 0 Å². The maximum atomic E-state index is 12.8. The van der Waals surface area contributed by atoms with E-state index in [0.29, 0.717) is 43.5 Å². The highest BCUT2D eigenvalue weighted by Crippen LogP contribution is 2.22. The van der Waals surface area contributed by atoms with Gasteiger partial charge in [0.15, 0.2) is 5.82 Å². The molecule has 8 nitrogen and oxygen atoms in total. The molecule has 0 aliphatic carbocycles. The number of aromatic nitrogens is 2. The Kier molecular flexibility index (Phi) is 5.80. The van der Waals surface area contributed by atoms with Gasteiger partial charge in [-0.25, -0.2) is 9.97 Å². The topological polar surface area (TPSA) is 93.8 Å². The fraction of sp³-hybridized carbons (Fsp3) is 0.450. The SMILES string of the molecule is NCc1cc(C(=O)N2CCOCC2)nc(-c2ccc(N3CCOCC3)cc2)n1. The van der Waals surface area contributed by atoms with Crippen LogP contribution in [-0.2, 0) is 16.0 Å². The lowest BCUT2D eigenvalue weighted by Crippen LogP contribution is -2.41. The zero-order valence-electron chi connectivity index (χ0n) is 15.8. The summed E-state index contributed by atoms with van der Waals surface area (Å²) in [6.45, 7) is 5.77. The van der Waals surface area contributed by atoms with Crippen LogP contribution in [-0.4, -0.2) is 73.4 Å². The Morgan fingerprint density at radius 1 is 0.964 bits per heavy atom. The largest absolute Gasteiger partial charge is 0.378 e. The van der Waals surface area contributed by atoms with E-state index in [1.807, 2.05) is 12.1 Å². The van der Waals surface area contributed by atoms with Gasteiger partial charge in [-0.3, -0.25) is 4.79 Å². The van der Waals surface area contributed by atoms with E-state index < -0.39 is 0 Å². The van der Waals surface area contributed by atoms with Gasteiger partial charge in [0.1, 0.15) is 5.69 Å². The van der Waals surface area contributed by atoms with Crippen LogP contribution in [0.1, 0.15) is 16.2 Å². The third-order valence-electron chi connectivity index (χ3n) is 5.01. The summed E-state index contributed by atoms with van der Waals surface area (Å²) in [5.41, 5.74) is 8.85. The Bertz CT molecular complexity index is 815. The first kappa shape index (κ1) is 18.8. The minimum atomic E-state index is -0.105. The van der Waals surface area contributed by atoms with E-state index in [1.54, 1.807) is 11.0 Å². The molecule has 0 unspecified atom stereocenters. The number of hydrogen-bond donors (Lipinski definition) is 1. The number of ether oxygens (including phenoxy) is 2. The predicted octanol–water partition coefficient (Wildman–Crippen LogP) is 0.911. The van der Waals surface area contributed by atoms with Crippen molar-refractivity contribution in [2.75, 3.05) is 57.5 Å². The maximum absolute atomic E-state index is 12.8. The van der Waals surface area contributed by atoms with Crippen LogP contribution in [0, 0.1) is 0 Å². The zero-order chi connectivity index (χ0) is 19.3. The highest BCUT2D eigenvalue weighted by molar-refractivity contribution is 5.93. The van der Waals surface area contributed by atoms with E-state index in [9.17, 15) is 4.79 Å². The Hall–Kier alpha value is -2.55. The molecule has 4 rings (SSSR count). The highest BCUT2D eigenvalue weighted by Gasteiger charge is 2.21. The zero-order valence-corrected chi connectivity index (χ0v) is 15.8. The number of benzene rings is 1. The molecule has 1 amide bonds. The van der Waals surface area contributed by atoms with Crippen molar-refractivity contribution in [3.63, 3.8) is 0 Å². The number of carbonyl (C=O) groups is 1. The number of nitrogens with zero attached hydrogens (tertiary/aromatic N) is 4. The highest BCUT2D eigenvalue weighted by atomic mass is 16.5. The molecule has 2 fully saturated rings. The van der Waals surface area contributed by atoms with Crippen molar-refractivity contribution in [2.45, 2.75) is 6.54 Å². The molecule has 0 spiro atoms. The number of nitrogens with two attached hydrogens (primary N) is 1. The molecule has 0 bridgehead atoms. The van der Waals surface area contributed by atoms with Crippen LogP contribution < -0.4 is 10.6 Å². The number of hydrogen-bond acceptors (Lipinski definition) is 7. The molecule has 0 saturated carbocycles. The third kappa shape index (κ3) is 4.14. The molecule has 28 heavy (non-hydrogen) atoms. The van der Waals surface area contributed by atoms with Gasteiger partial charge in [0, 0.05) is 44.0 Å². The Morgan fingerprint density at radius 3 is 2.25 bits per heavy atom. The Balaban J connectivity index is 1.59. The molecule has 2 aliphatic heterocycles. The summed E-state index contributed by atoms with van der Waals surface area (Å²) in [5.74, 6) is 0.416. The molecular formula is C20H25N5O3. The van der Waals surface area contributed by atoms with Crippen LogP contribution in [0.5, 0.6) is 0 Å². The van der Waals surface area contributed by atoms with Crippen molar-refractivity contribution in [1.29, 1.82) is 0 Å². The first-order valence-corrected chi connectivity index (χ1v) is 9.63. The van der Waals surface area contributed by atoms with Crippen molar-refractivity contribution in [2.24, 2.45) is 5.73 Å². The van der Waals surface area contributed by atoms with E-state index in [4.69, 9.17) is 15.2 Å². The molecule has 0 atom stereocenters. The molecule has 2 aliphatic rings. The second kappa shape index (κ2) is 8.64. The standard InChI is InChI=1S/C20H25N5O3/c21-14-16-13-18(20(26)25-7-11-28-12-8-25)23-19(22-16)15-1-3-17(4-2-15)24-5-9-27-10-6-24/h1-4,13H,5-12,14,21H2. The van der Waals surface area contributed by atoms with E-state index in [1.165, 1.54) is 0 Å². The molecule has 3 heterocycles. The summed E-state index contributed by atoms with van der Waals surface area (Å²) in [4.78, 5) is 25.9. The van der Waals surface area contributed by atoms with E-state index in [2.05, 4.69) is 27.0 Å². The Morgan fingerprint density at radius 2 is 1.61 bits per heavy atom. The monoisotopic (exact) mass is 383 g/mol. The van der Waals surface area contributed by atoms with E-state index >= 15 is 0 Å². The van der Waals surface area contributed by atoms with E-state index in [-0.39, 0.29) is 12.5 Å². The van der Waals surface area contributed by atoms with Gasteiger partial charge in [0.25, 0.3) is 5.91 Å². The average Bonchev–Trinajstić information content (AvgIpc) is 2.79. The van der Waals surface area contributed by atoms with Crippen molar-refractivity contribution < 1.29 is 14.3 Å². The van der Waals surface area contributed by atoms with Crippen LogP contribution in [0.15, 0.2) is 30.3 Å². The lowest BCUT2D eigenvalue weighted by Gasteiger charge is -2.28. The summed E-state index contributed by atoms with van der Waals surface area (Å²) in [6, 6.07) is 9.78.